The quantitative estimate of drug-likeness (QED) is 0.532. The van der Waals surface area contributed by atoms with Gasteiger partial charge in [-0.1, -0.05) is 18.2 Å². The van der Waals surface area contributed by atoms with Crippen LogP contribution in [0.4, 0.5) is 0 Å². The number of aromatic nitrogens is 4. The van der Waals surface area contributed by atoms with E-state index in [2.05, 4.69) is 20.8 Å². The number of ether oxygens (including phenoxy) is 3. The molecule has 9 heteroatoms. The van der Waals surface area contributed by atoms with E-state index in [4.69, 9.17) is 14.2 Å². The lowest BCUT2D eigenvalue weighted by molar-refractivity contribution is 0.100. The molecule has 0 aliphatic carbocycles. The van der Waals surface area contributed by atoms with Crippen LogP contribution in [0.2, 0.25) is 0 Å². The van der Waals surface area contributed by atoms with Crippen molar-refractivity contribution in [3.05, 3.63) is 54.4 Å². The maximum absolute atomic E-state index is 10.3. The van der Waals surface area contributed by atoms with Gasteiger partial charge in [-0.2, -0.15) is 0 Å². The maximum atomic E-state index is 10.3. The van der Waals surface area contributed by atoms with Crippen molar-refractivity contribution in [2.45, 2.75) is 19.1 Å². The monoisotopic (exact) mass is 399 g/mol. The van der Waals surface area contributed by atoms with Crippen LogP contribution < -0.4 is 19.5 Å². The third kappa shape index (κ3) is 5.21. The minimum Gasteiger partial charge on any atom is -0.493 e. The highest BCUT2D eigenvalue weighted by atomic mass is 16.5. The van der Waals surface area contributed by atoms with Crippen molar-refractivity contribution in [3.63, 3.8) is 0 Å². The summed E-state index contributed by atoms with van der Waals surface area (Å²) in [5.41, 5.74) is 1.96. The Balaban J connectivity index is 1.51. The van der Waals surface area contributed by atoms with Gasteiger partial charge in [0.2, 0.25) is 5.75 Å². The smallest absolute Gasteiger partial charge is 0.203 e. The molecule has 29 heavy (non-hydrogen) atoms. The number of methoxy groups -OCH3 is 2. The molecular weight excluding hydrogens is 374 g/mol. The number of nitrogens with zero attached hydrogens (tertiary/aromatic N) is 4. The SMILES string of the molecule is COc1cccc(OC)c1OCC(O)CNC(C)c1ccc(-n2cnnn2)cc1. The molecule has 9 nitrogen and oxygen atoms in total. The predicted molar refractivity (Wildman–Crippen MR) is 107 cm³/mol. The first kappa shape index (κ1) is 20.6. The number of rotatable bonds is 10. The number of nitrogens with one attached hydrogen (secondary N) is 1. The Hall–Kier alpha value is -3.17. The van der Waals surface area contributed by atoms with E-state index < -0.39 is 6.10 Å². The first-order chi connectivity index (χ1) is 14.1. The van der Waals surface area contributed by atoms with Crippen LogP contribution in [0.25, 0.3) is 5.69 Å². The molecule has 0 aliphatic heterocycles. The van der Waals surface area contributed by atoms with Crippen LogP contribution in [0.5, 0.6) is 17.2 Å². The lowest BCUT2D eigenvalue weighted by Gasteiger charge is -2.19. The zero-order valence-electron chi connectivity index (χ0n) is 16.6. The highest BCUT2D eigenvalue weighted by Gasteiger charge is 2.15. The van der Waals surface area contributed by atoms with Crippen LogP contribution in [-0.2, 0) is 0 Å². The molecule has 0 aliphatic rings. The fraction of sp³-hybridized carbons (Fsp3) is 0.350. The molecule has 2 atom stereocenters. The normalized spacial score (nSPS) is 13.0. The van der Waals surface area contributed by atoms with E-state index in [9.17, 15) is 5.11 Å². The van der Waals surface area contributed by atoms with Crippen molar-refractivity contribution in [2.24, 2.45) is 0 Å². The van der Waals surface area contributed by atoms with E-state index in [1.807, 2.05) is 37.3 Å². The van der Waals surface area contributed by atoms with Gasteiger partial charge >= 0.3 is 0 Å². The number of para-hydroxylation sites is 1. The molecule has 0 saturated heterocycles. The molecule has 3 aromatic rings. The number of benzene rings is 2. The highest BCUT2D eigenvalue weighted by molar-refractivity contribution is 5.51. The summed E-state index contributed by atoms with van der Waals surface area (Å²) >= 11 is 0. The predicted octanol–water partition coefficient (Wildman–Crippen LogP) is 1.77. The molecule has 2 unspecified atom stereocenters. The van der Waals surface area contributed by atoms with E-state index in [0.29, 0.717) is 23.8 Å². The van der Waals surface area contributed by atoms with E-state index in [-0.39, 0.29) is 12.6 Å². The van der Waals surface area contributed by atoms with Gasteiger partial charge in [-0.15, -0.1) is 5.10 Å². The van der Waals surface area contributed by atoms with Crippen molar-refractivity contribution in [1.29, 1.82) is 0 Å². The van der Waals surface area contributed by atoms with Gasteiger partial charge in [0.05, 0.1) is 19.9 Å². The third-order valence-corrected chi connectivity index (χ3v) is 4.47. The molecule has 2 N–H and O–H groups in total. The van der Waals surface area contributed by atoms with E-state index in [0.717, 1.165) is 11.3 Å². The second kappa shape index (κ2) is 9.85. The number of aliphatic hydroxyl groups is 1. The number of aliphatic hydroxyl groups excluding tert-OH is 1. The molecule has 0 spiro atoms. The Bertz CT molecular complexity index is 864. The fourth-order valence-corrected chi connectivity index (χ4v) is 2.82. The Morgan fingerprint density at radius 3 is 2.34 bits per heavy atom. The van der Waals surface area contributed by atoms with Crippen LogP contribution in [0.15, 0.2) is 48.8 Å². The highest BCUT2D eigenvalue weighted by Crippen LogP contribution is 2.36. The summed E-state index contributed by atoms with van der Waals surface area (Å²) in [6.07, 6.45) is 0.844. The van der Waals surface area contributed by atoms with Crippen molar-refractivity contribution < 1.29 is 19.3 Å². The van der Waals surface area contributed by atoms with Gasteiger partial charge in [0.25, 0.3) is 0 Å². The molecule has 0 saturated carbocycles. The van der Waals surface area contributed by atoms with Crippen LogP contribution in [0.3, 0.4) is 0 Å². The Morgan fingerprint density at radius 1 is 1.07 bits per heavy atom. The second-order valence-electron chi connectivity index (χ2n) is 6.43. The molecule has 0 bridgehead atoms. The Labute approximate surface area is 169 Å². The Morgan fingerprint density at radius 2 is 1.76 bits per heavy atom. The van der Waals surface area contributed by atoms with Gasteiger partial charge in [-0.3, -0.25) is 0 Å². The lowest BCUT2D eigenvalue weighted by atomic mass is 10.1. The molecule has 154 valence electrons. The average Bonchev–Trinajstić information content (AvgIpc) is 3.30. The molecular formula is C20H25N5O4. The van der Waals surface area contributed by atoms with Crippen LogP contribution in [-0.4, -0.2) is 58.8 Å². The number of hydrogen-bond acceptors (Lipinski definition) is 8. The molecule has 0 amide bonds. The summed E-state index contributed by atoms with van der Waals surface area (Å²) < 4.78 is 17.9. The van der Waals surface area contributed by atoms with Gasteiger partial charge in [0.1, 0.15) is 19.0 Å². The van der Waals surface area contributed by atoms with Gasteiger partial charge in [0.15, 0.2) is 11.5 Å². The molecule has 0 fully saturated rings. The van der Waals surface area contributed by atoms with Crippen molar-refractivity contribution >= 4 is 0 Å². The molecule has 1 aromatic heterocycles. The molecule has 0 radical (unpaired) electrons. The standard InChI is InChI=1S/C20H25N5O4/c1-14(15-7-9-16(10-8-15)25-13-22-23-24-25)21-11-17(26)12-29-20-18(27-2)5-4-6-19(20)28-3/h4-10,13-14,17,21,26H,11-12H2,1-3H3. The van der Waals surface area contributed by atoms with Crippen LogP contribution in [0, 0.1) is 0 Å². The van der Waals surface area contributed by atoms with Crippen molar-refractivity contribution in [3.8, 4) is 22.9 Å². The second-order valence-corrected chi connectivity index (χ2v) is 6.43. The average molecular weight is 399 g/mol. The van der Waals surface area contributed by atoms with Crippen LogP contribution >= 0.6 is 0 Å². The summed E-state index contributed by atoms with van der Waals surface area (Å²) in [5, 5.41) is 24.7. The van der Waals surface area contributed by atoms with Crippen molar-refractivity contribution in [1.82, 2.24) is 25.5 Å². The van der Waals surface area contributed by atoms with E-state index in [1.54, 1.807) is 37.4 Å². The topological polar surface area (TPSA) is 104 Å². The summed E-state index contributed by atoms with van der Waals surface area (Å²) in [5.74, 6) is 1.59. The largest absolute Gasteiger partial charge is 0.493 e. The fourth-order valence-electron chi connectivity index (χ4n) is 2.82. The minimum atomic E-state index is -0.701. The van der Waals surface area contributed by atoms with Gasteiger partial charge < -0.3 is 24.6 Å². The maximum Gasteiger partial charge on any atom is 0.203 e. The first-order valence-corrected chi connectivity index (χ1v) is 9.21. The first-order valence-electron chi connectivity index (χ1n) is 9.21. The minimum absolute atomic E-state index is 0.0494. The van der Waals surface area contributed by atoms with Gasteiger partial charge in [-0.25, -0.2) is 4.68 Å². The van der Waals surface area contributed by atoms with Crippen LogP contribution in [0.1, 0.15) is 18.5 Å². The lowest BCUT2D eigenvalue weighted by Crippen LogP contribution is -2.33. The molecule has 3 rings (SSSR count). The number of hydrogen-bond donors (Lipinski definition) is 2. The van der Waals surface area contributed by atoms with Gasteiger partial charge in [0, 0.05) is 12.6 Å². The summed E-state index contributed by atoms with van der Waals surface area (Å²) in [7, 11) is 3.12. The summed E-state index contributed by atoms with van der Waals surface area (Å²) in [6, 6.07) is 13.3. The zero-order valence-corrected chi connectivity index (χ0v) is 16.6. The van der Waals surface area contributed by atoms with E-state index >= 15 is 0 Å². The summed E-state index contributed by atoms with van der Waals surface area (Å²) in [6.45, 7) is 2.50. The molecule has 2 aromatic carbocycles. The third-order valence-electron chi connectivity index (χ3n) is 4.47. The van der Waals surface area contributed by atoms with Gasteiger partial charge in [-0.05, 0) is 47.2 Å². The van der Waals surface area contributed by atoms with Crippen molar-refractivity contribution in [2.75, 3.05) is 27.4 Å². The molecule has 1 heterocycles. The summed E-state index contributed by atoms with van der Waals surface area (Å²) in [4.78, 5) is 0. The Kier molecular flexibility index (Phi) is 6.99. The van der Waals surface area contributed by atoms with E-state index in [1.165, 1.54) is 0 Å². The zero-order chi connectivity index (χ0) is 20.6. The number of tetrazole rings is 1.